The molecule has 0 aromatic heterocycles. The van der Waals surface area contributed by atoms with Crippen LogP contribution in [0.2, 0.25) is 0 Å². The van der Waals surface area contributed by atoms with Crippen LogP contribution >= 0.6 is 0 Å². The largest absolute Gasteiger partial charge is 0.479 e. The molecule has 1 fully saturated rings. The van der Waals surface area contributed by atoms with E-state index in [2.05, 4.69) is 11.8 Å². The van der Waals surface area contributed by atoms with Crippen molar-refractivity contribution in [2.24, 2.45) is 0 Å². The number of carboxylic acid groups (broad SMARTS) is 1. The molecule has 1 aliphatic rings. The zero-order valence-electron chi connectivity index (χ0n) is 10.3. The molecule has 0 bridgehead atoms. The SMILES string of the molecule is CCCCN(CC(OCC)C(=O)O)C1CC1. The van der Waals surface area contributed by atoms with E-state index in [9.17, 15) is 4.79 Å². The number of carbonyl (C=O) groups is 1. The molecule has 0 aromatic rings. The van der Waals surface area contributed by atoms with Gasteiger partial charge < -0.3 is 9.84 Å². The fraction of sp³-hybridized carbons (Fsp3) is 0.917. The molecule has 1 N–H and O–H groups in total. The minimum atomic E-state index is -0.844. The Bertz CT molecular complexity index is 216. The van der Waals surface area contributed by atoms with Gasteiger partial charge in [0.25, 0.3) is 0 Å². The summed E-state index contributed by atoms with van der Waals surface area (Å²) in [6, 6.07) is 0.605. The first-order valence-corrected chi connectivity index (χ1v) is 6.27. The lowest BCUT2D eigenvalue weighted by Gasteiger charge is -2.25. The van der Waals surface area contributed by atoms with Crippen LogP contribution in [0, 0.1) is 0 Å². The minimum Gasteiger partial charge on any atom is -0.479 e. The van der Waals surface area contributed by atoms with Crippen LogP contribution in [0.4, 0.5) is 0 Å². The van der Waals surface area contributed by atoms with Crippen molar-refractivity contribution in [3.63, 3.8) is 0 Å². The van der Waals surface area contributed by atoms with Gasteiger partial charge in [-0.1, -0.05) is 13.3 Å². The normalized spacial score (nSPS) is 17.7. The molecule has 1 rings (SSSR count). The smallest absolute Gasteiger partial charge is 0.334 e. The Morgan fingerprint density at radius 3 is 2.62 bits per heavy atom. The van der Waals surface area contributed by atoms with Gasteiger partial charge in [-0.15, -0.1) is 0 Å². The van der Waals surface area contributed by atoms with E-state index in [0.717, 1.165) is 19.4 Å². The van der Waals surface area contributed by atoms with Gasteiger partial charge in [-0.05, 0) is 32.7 Å². The van der Waals surface area contributed by atoms with Gasteiger partial charge in [0.15, 0.2) is 6.10 Å². The van der Waals surface area contributed by atoms with Crippen LogP contribution in [0.15, 0.2) is 0 Å². The molecule has 94 valence electrons. The molecule has 0 amide bonds. The van der Waals surface area contributed by atoms with E-state index < -0.39 is 12.1 Å². The Morgan fingerprint density at radius 2 is 2.19 bits per heavy atom. The Balaban J connectivity index is 2.40. The van der Waals surface area contributed by atoms with Crippen LogP contribution in [0.3, 0.4) is 0 Å². The van der Waals surface area contributed by atoms with Gasteiger partial charge >= 0.3 is 5.97 Å². The lowest BCUT2D eigenvalue weighted by Crippen LogP contribution is -2.40. The first-order chi connectivity index (χ1) is 7.69. The second-order valence-electron chi connectivity index (χ2n) is 4.36. The number of hydrogen-bond donors (Lipinski definition) is 1. The van der Waals surface area contributed by atoms with E-state index in [4.69, 9.17) is 9.84 Å². The van der Waals surface area contributed by atoms with Crippen LogP contribution in [0.5, 0.6) is 0 Å². The highest BCUT2D eigenvalue weighted by Gasteiger charge is 2.32. The van der Waals surface area contributed by atoms with Crippen molar-refractivity contribution in [3.05, 3.63) is 0 Å². The van der Waals surface area contributed by atoms with Crippen LogP contribution in [-0.2, 0) is 9.53 Å². The van der Waals surface area contributed by atoms with E-state index in [1.165, 1.54) is 12.8 Å². The zero-order chi connectivity index (χ0) is 12.0. The third-order valence-corrected chi connectivity index (χ3v) is 2.91. The van der Waals surface area contributed by atoms with Crippen molar-refractivity contribution in [1.82, 2.24) is 4.90 Å². The number of hydrogen-bond acceptors (Lipinski definition) is 3. The van der Waals surface area contributed by atoms with Gasteiger partial charge in [-0.2, -0.15) is 0 Å². The van der Waals surface area contributed by atoms with Gasteiger partial charge in [0.1, 0.15) is 0 Å². The van der Waals surface area contributed by atoms with Crippen molar-refractivity contribution in [2.45, 2.75) is 51.7 Å². The van der Waals surface area contributed by atoms with Crippen LogP contribution in [0.1, 0.15) is 39.5 Å². The number of unbranched alkanes of at least 4 members (excludes halogenated alkanes) is 1. The summed E-state index contributed by atoms with van der Waals surface area (Å²) in [7, 11) is 0. The lowest BCUT2D eigenvalue weighted by atomic mass is 10.2. The zero-order valence-corrected chi connectivity index (χ0v) is 10.3. The molecular formula is C12H23NO3. The molecule has 1 saturated carbocycles. The van der Waals surface area contributed by atoms with Crippen molar-refractivity contribution in [2.75, 3.05) is 19.7 Å². The highest BCUT2D eigenvalue weighted by atomic mass is 16.5. The summed E-state index contributed by atoms with van der Waals surface area (Å²) in [6.45, 7) is 5.99. The Morgan fingerprint density at radius 1 is 1.50 bits per heavy atom. The van der Waals surface area contributed by atoms with E-state index in [1.54, 1.807) is 0 Å². The van der Waals surface area contributed by atoms with Gasteiger partial charge in [0.2, 0.25) is 0 Å². The van der Waals surface area contributed by atoms with E-state index in [-0.39, 0.29) is 0 Å². The average Bonchev–Trinajstić information content (AvgIpc) is 3.06. The maximum atomic E-state index is 11.0. The second kappa shape index (κ2) is 6.86. The second-order valence-corrected chi connectivity index (χ2v) is 4.36. The van der Waals surface area contributed by atoms with E-state index in [1.807, 2.05) is 6.92 Å². The summed E-state index contributed by atoms with van der Waals surface area (Å²) in [5.74, 6) is -0.844. The maximum Gasteiger partial charge on any atom is 0.334 e. The average molecular weight is 229 g/mol. The molecule has 1 unspecified atom stereocenters. The fourth-order valence-electron chi connectivity index (χ4n) is 1.84. The van der Waals surface area contributed by atoms with Crippen molar-refractivity contribution < 1.29 is 14.6 Å². The number of nitrogens with zero attached hydrogens (tertiary/aromatic N) is 1. The van der Waals surface area contributed by atoms with E-state index in [0.29, 0.717) is 19.2 Å². The quantitative estimate of drug-likeness (QED) is 0.654. The lowest BCUT2D eigenvalue weighted by molar-refractivity contribution is -0.151. The summed E-state index contributed by atoms with van der Waals surface area (Å²) in [5, 5.41) is 9.03. The maximum absolute atomic E-state index is 11.0. The number of carboxylic acids is 1. The summed E-state index contributed by atoms with van der Waals surface area (Å²) >= 11 is 0. The molecule has 0 saturated heterocycles. The van der Waals surface area contributed by atoms with Gasteiger partial charge in [0, 0.05) is 19.2 Å². The summed E-state index contributed by atoms with van der Waals surface area (Å²) in [6.07, 6.45) is 4.04. The topological polar surface area (TPSA) is 49.8 Å². The molecule has 4 nitrogen and oxygen atoms in total. The first-order valence-electron chi connectivity index (χ1n) is 6.27. The molecule has 1 atom stereocenters. The van der Waals surface area contributed by atoms with Crippen molar-refractivity contribution in [3.8, 4) is 0 Å². The molecule has 0 radical (unpaired) electrons. The molecule has 16 heavy (non-hydrogen) atoms. The Hall–Kier alpha value is -0.610. The third-order valence-electron chi connectivity index (χ3n) is 2.91. The summed E-state index contributed by atoms with van der Waals surface area (Å²) in [4.78, 5) is 13.3. The number of ether oxygens (including phenoxy) is 1. The standard InChI is InChI=1S/C12H23NO3/c1-3-5-8-13(10-6-7-10)9-11(12(14)15)16-4-2/h10-11H,3-9H2,1-2H3,(H,14,15). The first kappa shape index (κ1) is 13.5. The Kier molecular flexibility index (Phi) is 5.77. The fourth-order valence-corrected chi connectivity index (χ4v) is 1.84. The van der Waals surface area contributed by atoms with Crippen LogP contribution in [-0.4, -0.2) is 47.8 Å². The third kappa shape index (κ3) is 4.49. The van der Waals surface area contributed by atoms with E-state index >= 15 is 0 Å². The summed E-state index contributed by atoms with van der Waals surface area (Å²) < 4.78 is 5.25. The molecule has 0 aromatic carbocycles. The molecule has 0 heterocycles. The molecule has 0 spiro atoms. The van der Waals surface area contributed by atoms with Crippen LogP contribution in [0.25, 0.3) is 0 Å². The van der Waals surface area contributed by atoms with Gasteiger partial charge in [0.05, 0.1) is 0 Å². The van der Waals surface area contributed by atoms with Crippen molar-refractivity contribution >= 4 is 5.97 Å². The van der Waals surface area contributed by atoms with Gasteiger partial charge in [-0.3, -0.25) is 4.90 Å². The molecule has 0 aliphatic heterocycles. The predicted octanol–water partition coefficient (Wildman–Crippen LogP) is 1.74. The minimum absolute atomic E-state index is 0.462. The predicted molar refractivity (Wildman–Crippen MR) is 62.6 cm³/mol. The Labute approximate surface area is 97.6 Å². The monoisotopic (exact) mass is 229 g/mol. The van der Waals surface area contributed by atoms with Crippen molar-refractivity contribution in [1.29, 1.82) is 0 Å². The number of rotatable bonds is 9. The summed E-state index contributed by atoms with van der Waals surface area (Å²) in [5.41, 5.74) is 0. The van der Waals surface area contributed by atoms with Crippen LogP contribution < -0.4 is 0 Å². The number of aliphatic carboxylic acids is 1. The highest BCUT2D eigenvalue weighted by Crippen LogP contribution is 2.27. The van der Waals surface area contributed by atoms with Gasteiger partial charge in [-0.25, -0.2) is 4.79 Å². The highest BCUT2D eigenvalue weighted by molar-refractivity contribution is 5.72. The molecular weight excluding hydrogens is 206 g/mol. The molecule has 1 aliphatic carbocycles. The molecule has 4 heteroatoms.